The molecule has 1 nitrogen and oxygen atoms in total. The molecule has 0 aromatic heterocycles. The summed E-state index contributed by atoms with van der Waals surface area (Å²) >= 11 is 0. The number of allylic oxidation sites excluding steroid dienone is 5. The molecule has 1 heterocycles. The predicted octanol–water partition coefficient (Wildman–Crippen LogP) is 7.58. The van der Waals surface area contributed by atoms with Gasteiger partial charge in [-0.3, -0.25) is 4.90 Å². The van der Waals surface area contributed by atoms with E-state index in [1.165, 1.54) is 24.6 Å². The molecule has 2 aliphatic rings. The van der Waals surface area contributed by atoms with E-state index >= 15 is 0 Å². The largest absolute Gasteiger partial charge is 0.484 e. The van der Waals surface area contributed by atoms with Crippen LogP contribution in [0.2, 0.25) is 0 Å². The third-order valence-electron chi connectivity index (χ3n) is 5.84. The van der Waals surface area contributed by atoms with Gasteiger partial charge in [0.1, 0.15) is 0 Å². The molecule has 1 aromatic rings. The van der Waals surface area contributed by atoms with Crippen LogP contribution in [0.3, 0.4) is 0 Å². The first kappa shape index (κ1) is 20.8. The van der Waals surface area contributed by atoms with Crippen LogP contribution in [-0.2, 0) is 0 Å². The monoisotopic (exact) mass is 389 g/mol. The molecule has 1 aliphatic carbocycles. The Morgan fingerprint density at radius 2 is 1.93 bits per heavy atom. The fraction of sp³-hybridized carbons (Fsp3) is 0.500. The summed E-state index contributed by atoms with van der Waals surface area (Å²) in [6.45, 7) is 5.90. The van der Waals surface area contributed by atoms with E-state index in [1.54, 1.807) is 0 Å². The van der Waals surface area contributed by atoms with Crippen molar-refractivity contribution in [3.8, 4) is 0 Å². The summed E-state index contributed by atoms with van der Waals surface area (Å²) < 4.78 is 40.8. The number of rotatable bonds is 6. The van der Waals surface area contributed by atoms with Gasteiger partial charge in [0, 0.05) is 12.2 Å². The summed E-state index contributed by atoms with van der Waals surface area (Å²) in [6.07, 6.45) is 6.07. The fourth-order valence-corrected chi connectivity index (χ4v) is 3.99. The highest BCUT2D eigenvalue weighted by atomic mass is 19.4. The van der Waals surface area contributed by atoms with Crippen molar-refractivity contribution in [3.63, 3.8) is 0 Å². The first-order valence-corrected chi connectivity index (χ1v) is 10.4. The minimum atomic E-state index is -4.34. The van der Waals surface area contributed by atoms with Gasteiger partial charge in [-0.1, -0.05) is 50.3 Å². The Bertz CT molecular complexity index is 781. The number of alkyl halides is 3. The van der Waals surface area contributed by atoms with Crippen molar-refractivity contribution < 1.29 is 13.2 Å². The number of hydrogen-bond acceptors (Lipinski definition) is 1. The lowest BCUT2D eigenvalue weighted by atomic mass is 9.88. The van der Waals surface area contributed by atoms with Crippen LogP contribution >= 0.6 is 0 Å². The van der Waals surface area contributed by atoms with Gasteiger partial charge in [-0.15, -0.1) is 0 Å². The molecule has 1 unspecified atom stereocenters. The molecule has 152 valence electrons. The van der Waals surface area contributed by atoms with Gasteiger partial charge in [0.2, 0.25) is 0 Å². The molecule has 1 aliphatic heterocycles. The lowest BCUT2D eigenvalue weighted by Crippen LogP contribution is -2.43. The van der Waals surface area contributed by atoms with Crippen molar-refractivity contribution in [2.24, 2.45) is 0 Å². The highest BCUT2D eigenvalue weighted by Crippen LogP contribution is 2.41. The molecule has 1 fully saturated rings. The minimum Gasteiger partial charge on any atom is -0.287 e. The number of nitrogens with zero attached hydrogens (tertiary/aromatic N) is 1. The van der Waals surface area contributed by atoms with Crippen LogP contribution < -0.4 is 0 Å². The molecule has 1 atom stereocenters. The maximum atomic E-state index is 13.6. The predicted molar refractivity (Wildman–Crippen MR) is 110 cm³/mol. The molecule has 4 heteroatoms. The standard InChI is InChI=1S/C24H30F3N/c1-4-6-10-23(17(3)19-8-7-9-20(15-19)18-11-12-18)21-13-14-22(5-2)28(16-21)24(25,26)27/h6-10,15-16,18,22H,4-5,11-14H2,1-3H3/b10-6-,23-17-. The molecule has 0 spiro atoms. The van der Waals surface area contributed by atoms with Crippen LogP contribution in [-0.4, -0.2) is 17.2 Å². The summed E-state index contributed by atoms with van der Waals surface area (Å²) in [7, 11) is 0. The van der Waals surface area contributed by atoms with Crippen LogP contribution in [0.5, 0.6) is 0 Å². The van der Waals surface area contributed by atoms with Gasteiger partial charge in [0.25, 0.3) is 0 Å². The summed E-state index contributed by atoms with van der Waals surface area (Å²) in [5.41, 5.74) is 5.21. The molecule has 3 rings (SSSR count). The van der Waals surface area contributed by atoms with E-state index in [0.29, 0.717) is 30.1 Å². The SMILES string of the molecule is CC/C=C\C(C1=CN(C(F)(F)F)C(CC)CC1)=C(/C)c1cccc(C2CC2)c1. The Morgan fingerprint density at radius 3 is 2.54 bits per heavy atom. The molecule has 0 saturated heterocycles. The van der Waals surface area contributed by atoms with E-state index in [9.17, 15) is 13.2 Å². The zero-order chi connectivity index (χ0) is 20.3. The molecule has 0 amide bonds. The van der Waals surface area contributed by atoms with Crippen LogP contribution in [0.25, 0.3) is 5.57 Å². The normalized spacial score (nSPS) is 21.7. The van der Waals surface area contributed by atoms with Crippen LogP contribution in [0.15, 0.2) is 53.8 Å². The molecule has 0 bridgehead atoms. The fourth-order valence-electron chi connectivity index (χ4n) is 3.99. The highest BCUT2D eigenvalue weighted by molar-refractivity contribution is 5.74. The molecule has 0 N–H and O–H groups in total. The van der Waals surface area contributed by atoms with Crippen molar-refractivity contribution >= 4 is 5.57 Å². The van der Waals surface area contributed by atoms with Gasteiger partial charge in [-0.05, 0) is 79.2 Å². The van der Waals surface area contributed by atoms with E-state index in [4.69, 9.17) is 0 Å². The Kier molecular flexibility index (Phi) is 6.36. The maximum Gasteiger partial charge on any atom is 0.484 e. The van der Waals surface area contributed by atoms with Gasteiger partial charge >= 0.3 is 6.30 Å². The van der Waals surface area contributed by atoms with Crippen molar-refractivity contribution in [1.29, 1.82) is 0 Å². The maximum absolute atomic E-state index is 13.6. The molecule has 1 saturated carbocycles. The number of halogens is 3. The van der Waals surface area contributed by atoms with E-state index in [0.717, 1.165) is 28.7 Å². The second-order valence-corrected chi connectivity index (χ2v) is 7.88. The first-order valence-electron chi connectivity index (χ1n) is 10.4. The van der Waals surface area contributed by atoms with Gasteiger partial charge in [-0.25, -0.2) is 0 Å². The second-order valence-electron chi connectivity index (χ2n) is 7.88. The smallest absolute Gasteiger partial charge is 0.287 e. The molecule has 28 heavy (non-hydrogen) atoms. The van der Waals surface area contributed by atoms with Crippen molar-refractivity contribution in [1.82, 2.24) is 4.90 Å². The van der Waals surface area contributed by atoms with Crippen molar-refractivity contribution in [2.45, 2.75) is 77.6 Å². The topological polar surface area (TPSA) is 3.24 Å². The van der Waals surface area contributed by atoms with Gasteiger partial charge in [0.15, 0.2) is 0 Å². The Labute approximate surface area is 166 Å². The number of benzene rings is 1. The van der Waals surface area contributed by atoms with Gasteiger partial charge in [-0.2, -0.15) is 13.2 Å². The van der Waals surface area contributed by atoms with E-state index in [2.05, 4.69) is 24.3 Å². The zero-order valence-electron chi connectivity index (χ0n) is 17.0. The average Bonchev–Trinajstić information content (AvgIpc) is 3.52. The van der Waals surface area contributed by atoms with Gasteiger partial charge in [0.05, 0.1) is 0 Å². The Balaban J connectivity index is 2.04. The second kappa shape index (κ2) is 8.59. The molecular weight excluding hydrogens is 359 g/mol. The highest BCUT2D eigenvalue weighted by Gasteiger charge is 2.41. The summed E-state index contributed by atoms with van der Waals surface area (Å²) in [4.78, 5) is 0.611. The summed E-state index contributed by atoms with van der Waals surface area (Å²) in [6, 6.07) is 8.04. The zero-order valence-corrected chi connectivity index (χ0v) is 17.0. The van der Waals surface area contributed by atoms with Crippen molar-refractivity contribution in [3.05, 3.63) is 64.9 Å². The molecular formula is C24H30F3N. The van der Waals surface area contributed by atoms with Gasteiger partial charge < -0.3 is 0 Å². The van der Waals surface area contributed by atoms with Crippen LogP contribution in [0, 0.1) is 0 Å². The minimum absolute atomic E-state index is 0.473. The Hall–Kier alpha value is -1.97. The van der Waals surface area contributed by atoms with Crippen molar-refractivity contribution in [2.75, 3.05) is 0 Å². The van der Waals surface area contributed by atoms with Crippen LogP contribution in [0.4, 0.5) is 13.2 Å². The third kappa shape index (κ3) is 4.71. The van der Waals surface area contributed by atoms with E-state index in [1.807, 2.05) is 32.9 Å². The summed E-state index contributed by atoms with van der Waals surface area (Å²) in [5.74, 6) is 0.655. The lowest BCUT2D eigenvalue weighted by Gasteiger charge is -2.36. The third-order valence-corrected chi connectivity index (χ3v) is 5.84. The Morgan fingerprint density at radius 1 is 1.18 bits per heavy atom. The van der Waals surface area contributed by atoms with E-state index in [-0.39, 0.29) is 0 Å². The molecule has 0 radical (unpaired) electrons. The molecule has 1 aromatic carbocycles. The summed E-state index contributed by atoms with van der Waals surface area (Å²) in [5, 5.41) is 0. The quantitative estimate of drug-likeness (QED) is 0.358. The lowest BCUT2D eigenvalue weighted by molar-refractivity contribution is -0.242. The first-order chi connectivity index (χ1) is 13.3. The number of hydrogen-bond donors (Lipinski definition) is 0. The van der Waals surface area contributed by atoms with Crippen LogP contribution in [0.1, 0.15) is 76.3 Å². The van der Waals surface area contributed by atoms with E-state index < -0.39 is 12.3 Å². The average molecular weight is 390 g/mol.